The third kappa shape index (κ3) is 9.39. The highest BCUT2D eigenvalue weighted by atomic mass is 16.5. The van der Waals surface area contributed by atoms with Crippen LogP contribution in [0.4, 0.5) is 0 Å². The maximum atomic E-state index is 9.53. The molecule has 0 fully saturated rings. The molecule has 0 aliphatic rings. The minimum absolute atomic E-state index is 0.372. The van der Waals surface area contributed by atoms with Crippen LogP contribution in [-0.4, -0.2) is 40.0 Å². The predicted molar refractivity (Wildman–Crippen MR) is 39.0 cm³/mol. The molecule has 0 N–H and O–H groups in total. The second-order valence-corrected chi connectivity index (χ2v) is 1.89. The lowest BCUT2D eigenvalue weighted by atomic mass is 10.5. The first-order valence-corrected chi connectivity index (χ1v) is 3.47. The van der Waals surface area contributed by atoms with Crippen LogP contribution in [0.15, 0.2) is 0 Å². The zero-order valence-electron chi connectivity index (χ0n) is 6.67. The second kappa shape index (κ2) is 9.39. The second-order valence-electron chi connectivity index (χ2n) is 1.89. The standard InChI is InChI=1S/C7H13O4/c1-9-5-6-10-3-2-4-11-7-8/h2-6H2,1H3. The molecule has 0 atom stereocenters. The smallest absolute Gasteiger partial charge is 0.417 e. The molecule has 0 unspecified atom stereocenters. The summed E-state index contributed by atoms with van der Waals surface area (Å²) >= 11 is 0. The Kier molecular flexibility index (Phi) is 8.87. The van der Waals surface area contributed by atoms with Crippen molar-refractivity contribution in [2.45, 2.75) is 6.42 Å². The van der Waals surface area contributed by atoms with Gasteiger partial charge in [0.25, 0.3) is 0 Å². The van der Waals surface area contributed by atoms with Gasteiger partial charge in [0.1, 0.15) is 0 Å². The summed E-state index contributed by atoms with van der Waals surface area (Å²) in [5, 5.41) is 0. The minimum Gasteiger partial charge on any atom is -0.457 e. The molecule has 1 radical (unpaired) electrons. The van der Waals surface area contributed by atoms with Crippen molar-refractivity contribution in [3.8, 4) is 0 Å². The summed E-state index contributed by atoms with van der Waals surface area (Å²) in [6.07, 6.45) is 0.707. The van der Waals surface area contributed by atoms with Crippen LogP contribution in [0, 0.1) is 0 Å². The molecule has 0 aromatic carbocycles. The van der Waals surface area contributed by atoms with Crippen molar-refractivity contribution in [3.63, 3.8) is 0 Å². The van der Waals surface area contributed by atoms with Crippen LogP contribution in [0.1, 0.15) is 6.42 Å². The van der Waals surface area contributed by atoms with Gasteiger partial charge >= 0.3 is 6.47 Å². The Hall–Kier alpha value is -0.610. The highest BCUT2D eigenvalue weighted by Gasteiger charge is 1.88. The van der Waals surface area contributed by atoms with Crippen LogP contribution < -0.4 is 0 Å². The Labute approximate surface area is 66.4 Å². The molecule has 0 amide bonds. The summed E-state index contributed by atoms with van der Waals surface area (Å²) < 4.78 is 14.2. The summed E-state index contributed by atoms with van der Waals surface area (Å²) in [5.74, 6) is 0. The first kappa shape index (κ1) is 10.4. The summed E-state index contributed by atoms with van der Waals surface area (Å²) in [4.78, 5) is 9.53. The van der Waals surface area contributed by atoms with Gasteiger partial charge in [-0.25, -0.2) is 4.79 Å². The van der Waals surface area contributed by atoms with Crippen molar-refractivity contribution in [3.05, 3.63) is 0 Å². The van der Waals surface area contributed by atoms with Gasteiger partial charge in [-0.05, 0) is 0 Å². The molecular formula is C7H13O4. The Morgan fingerprint density at radius 1 is 1.18 bits per heavy atom. The average molecular weight is 161 g/mol. The Bertz CT molecular complexity index is 84.5. The Morgan fingerprint density at radius 2 is 2.00 bits per heavy atom. The molecule has 4 heteroatoms. The number of hydrogen-bond donors (Lipinski definition) is 0. The highest BCUT2D eigenvalue weighted by Crippen LogP contribution is 1.83. The van der Waals surface area contributed by atoms with Crippen molar-refractivity contribution in [1.82, 2.24) is 0 Å². The zero-order chi connectivity index (χ0) is 8.36. The number of rotatable bonds is 8. The van der Waals surface area contributed by atoms with E-state index < -0.39 is 0 Å². The van der Waals surface area contributed by atoms with E-state index in [-0.39, 0.29) is 0 Å². The molecule has 4 nitrogen and oxygen atoms in total. The molecule has 0 rings (SSSR count). The lowest BCUT2D eigenvalue weighted by molar-refractivity contribution is 0.0636. The monoisotopic (exact) mass is 161 g/mol. The topological polar surface area (TPSA) is 44.8 Å². The molecule has 0 saturated carbocycles. The third-order valence-electron chi connectivity index (χ3n) is 1.03. The third-order valence-corrected chi connectivity index (χ3v) is 1.03. The molecule has 0 heterocycles. The summed E-state index contributed by atoms with van der Waals surface area (Å²) in [6, 6.07) is 0. The number of ether oxygens (including phenoxy) is 3. The molecule has 0 saturated heterocycles. The molecule has 11 heavy (non-hydrogen) atoms. The fourth-order valence-electron chi connectivity index (χ4n) is 0.519. The van der Waals surface area contributed by atoms with Crippen molar-refractivity contribution >= 4 is 6.47 Å². The summed E-state index contributed by atoms with van der Waals surface area (Å²) in [7, 11) is 1.62. The maximum absolute atomic E-state index is 9.53. The lowest BCUT2D eigenvalue weighted by Gasteiger charge is -2.01. The number of hydrogen-bond acceptors (Lipinski definition) is 4. The normalized spacial score (nSPS) is 9.55. The minimum atomic E-state index is 0.372. The molecule has 0 bridgehead atoms. The largest absolute Gasteiger partial charge is 0.457 e. The van der Waals surface area contributed by atoms with E-state index in [1.165, 1.54) is 6.47 Å². The van der Waals surface area contributed by atoms with Crippen LogP contribution in [0.5, 0.6) is 0 Å². The summed E-state index contributed by atoms with van der Waals surface area (Å²) in [6.45, 7) is 3.48. The van der Waals surface area contributed by atoms with Crippen molar-refractivity contribution < 1.29 is 19.0 Å². The SMILES string of the molecule is COCCOCCCO[C]=O. The number of methoxy groups -OCH3 is 1. The van der Waals surface area contributed by atoms with E-state index in [4.69, 9.17) is 9.47 Å². The van der Waals surface area contributed by atoms with Crippen LogP contribution in [0.2, 0.25) is 0 Å². The maximum Gasteiger partial charge on any atom is 0.417 e. The van der Waals surface area contributed by atoms with Gasteiger partial charge in [0.15, 0.2) is 0 Å². The first-order chi connectivity index (χ1) is 5.41. The van der Waals surface area contributed by atoms with Gasteiger partial charge in [0.2, 0.25) is 0 Å². The van der Waals surface area contributed by atoms with Crippen LogP contribution in [-0.2, 0) is 19.0 Å². The molecule has 0 aliphatic carbocycles. The highest BCUT2D eigenvalue weighted by molar-refractivity contribution is 5.37. The summed E-state index contributed by atoms with van der Waals surface area (Å²) in [5.41, 5.74) is 0. The fraction of sp³-hybridized carbons (Fsp3) is 0.857. The van der Waals surface area contributed by atoms with E-state index in [9.17, 15) is 4.79 Å². The molecular weight excluding hydrogens is 148 g/mol. The van der Waals surface area contributed by atoms with Crippen molar-refractivity contribution in [2.24, 2.45) is 0 Å². The molecule has 0 aromatic rings. The predicted octanol–water partition coefficient (Wildman–Crippen LogP) is 0.123. The van der Waals surface area contributed by atoms with E-state index in [0.717, 1.165) is 0 Å². The van der Waals surface area contributed by atoms with Gasteiger partial charge in [-0.1, -0.05) is 0 Å². The van der Waals surface area contributed by atoms with E-state index in [1.54, 1.807) is 7.11 Å². The molecule has 0 spiro atoms. The van der Waals surface area contributed by atoms with Gasteiger partial charge in [-0.3, -0.25) is 0 Å². The van der Waals surface area contributed by atoms with Crippen LogP contribution in [0.3, 0.4) is 0 Å². The van der Waals surface area contributed by atoms with E-state index in [2.05, 4.69) is 4.74 Å². The Balaban J connectivity index is 2.74. The van der Waals surface area contributed by atoms with Crippen LogP contribution in [0.25, 0.3) is 0 Å². The van der Waals surface area contributed by atoms with Gasteiger partial charge in [-0.2, -0.15) is 0 Å². The van der Waals surface area contributed by atoms with Gasteiger partial charge in [-0.15, -0.1) is 0 Å². The van der Waals surface area contributed by atoms with Gasteiger partial charge in [0, 0.05) is 20.1 Å². The zero-order valence-corrected chi connectivity index (χ0v) is 6.67. The molecule has 0 aliphatic heterocycles. The first-order valence-electron chi connectivity index (χ1n) is 3.47. The molecule has 65 valence electrons. The van der Waals surface area contributed by atoms with E-state index in [0.29, 0.717) is 32.8 Å². The van der Waals surface area contributed by atoms with E-state index in [1.807, 2.05) is 0 Å². The lowest BCUT2D eigenvalue weighted by Crippen LogP contribution is -2.05. The van der Waals surface area contributed by atoms with E-state index >= 15 is 0 Å². The van der Waals surface area contributed by atoms with Crippen molar-refractivity contribution in [2.75, 3.05) is 33.5 Å². The van der Waals surface area contributed by atoms with Gasteiger partial charge < -0.3 is 14.2 Å². The molecule has 0 aromatic heterocycles. The fourth-order valence-corrected chi connectivity index (χ4v) is 0.519. The number of carbonyl (C=O) groups excluding carboxylic acids is 1. The average Bonchev–Trinajstić information content (AvgIpc) is 2.03. The van der Waals surface area contributed by atoms with Crippen molar-refractivity contribution in [1.29, 1.82) is 0 Å². The van der Waals surface area contributed by atoms with Crippen LogP contribution >= 0.6 is 0 Å². The quantitative estimate of drug-likeness (QED) is 0.474. The Morgan fingerprint density at radius 3 is 2.64 bits per heavy atom. The van der Waals surface area contributed by atoms with Gasteiger partial charge in [0.05, 0.1) is 19.8 Å².